The molecule has 2 aliphatic rings. The zero-order chi connectivity index (χ0) is 18.9. The average Bonchev–Trinajstić information content (AvgIpc) is 3.04. The number of hydrogen-bond acceptors (Lipinski definition) is 4. The molecule has 0 radical (unpaired) electrons. The molecule has 2 heterocycles. The number of rotatable bonds is 5. The summed E-state index contributed by atoms with van der Waals surface area (Å²) in [4.78, 5) is 39.0. The van der Waals surface area contributed by atoms with Crippen LogP contribution in [0, 0.1) is 0 Å². The van der Waals surface area contributed by atoms with Crippen molar-refractivity contribution in [2.24, 2.45) is 5.73 Å². The molecule has 0 aromatic heterocycles. The SMILES string of the molecule is CC(=O)C(C)NC(=O)C1CCB2CCC(N)(Cc3ccccc3)C(=O)N21. The molecule has 3 atom stereocenters. The van der Waals surface area contributed by atoms with E-state index in [1.165, 1.54) is 6.92 Å². The molecule has 2 saturated heterocycles. The van der Waals surface area contributed by atoms with E-state index < -0.39 is 17.6 Å². The first-order valence-electron chi connectivity index (χ1n) is 9.28. The number of amides is 2. The second kappa shape index (κ2) is 7.23. The van der Waals surface area contributed by atoms with Crippen LogP contribution in [0.15, 0.2) is 30.3 Å². The van der Waals surface area contributed by atoms with Gasteiger partial charge in [-0.1, -0.05) is 43.0 Å². The Hall–Kier alpha value is -2.15. The van der Waals surface area contributed by atoms with Gasteiger partial charge in [-0.25, -0.2) is 0 Å². The van der Waals surface area contributed by atoms with Crippen LogP contribution in [-0.2, 0) is 20.8 Å². The molecule has 2 aliphatic heterocycles. The first-order chi connectivity index (χ1) is 12.3. The van der Waals surface area contributed by atoms with Crippen molar-refractivity contribution in [1.29, 1.82) is 0 Å². The van der Waals surface area contributed by atoms with Gasteiger partial charge in [0.1, 0.15) is 0 Å². The summed E-state index contributed by atoms with van der Waals surface area (Å²) in [5, 5.41) is 2.73. The van der Waals surface area contributed by atoms with Crippen LogP contribution in [0.4, 0.5) is 0 Å². The zero-order valence-electron chi connectivity index (χ0n) is 15.4. The quantitative estimate of drug-likeness (QED) is 0.772. The molecule has 7 heteroatoms. The lowest BCUT2D eigenvalue weighted by atomic mass is 9.51. The number of benzene rings is 1. The largest absolute Gasteiger partial charge is 0.374 e. The van der Waals surface area contributed by atoms with Gasteiger partial charge in [-0.2, -0.15) is 0 Å². The number of nitrogens with two attached hydrogens (primary N) is 1. The highest BCUT2D eigenvalue weighted by Gasteiger charge is 2.52. The maximum Gasteiger partial charge on any atom is 0.259 e. The summed E-state index contributed by atoms with van der Waals surface area (Å²) in [5.41, 5.74) is 6.57. The molecular weight excluding hydrogens is 329 g/mol. The summed E-state index contributed by atoms with van der Waals surface area (Å²) in [6.07, 6.45) is 3.32. The van der Waals surface area contributed by atoms with Gasteiger partial charge in [0.05, 0.1) is 17.6 Å². The Kier molecular flexibility index (Phi) is 5.18. The van der Waals surface area contributed by atoms with E-state index in [4.69, 9.17) is 5.73 Å². The van der Waals surface area contributed by atoms with Crippen molar-refractivity contribution < 1.29 is 14.4 Å². The topological polar surface area (TPSA) is 92.5 Å². The lowest BCUT2D eigenvalue weighted by molar-refractivity contribution is -0.140. The molecule has 2 amide bonds. The molecule has 1 aromatic carbocycles. The molecule has 3 unspecified atom stereocenters. The summed E-state index contributed by atoms with van der Waals surface area (Å²) < 4.78 is 0. The van der Waals surface area contributed by atoms with E-state index in [1.54, 1.807) is 11.7 Å². The predicted molar refractivity (Wildman–Crippen MR) is 101 cm³/mol. The van der Waals surface area contributed by atoms with E-state index >= 15 is 0 Å². The van der Waals surface area contributed by atoms with Gasteiger partial charge in [0.2, 0.25) is 11.8 Å². The Bertz CT molecular complexity index is 711. The van der Waals surface area contributed by atoms with E-state index in [-0.39, 0.29) is 24.4 Å². The van der Waals surface area contributed by atoms with Crippen LogP contribution in [0.5, 0.6) is 0 Å². The van der Waals surface area contributed by atoms with Crippen LogP contribution in [0.2, 0.25) is 12.6 Å². The van der Waals surface area contributed by atoms with E-state index in [1.807, 2.05) is 30.3 Å². The number of carbonyl (C=O) groups is 3. The molecule has 2 fully saturated rings. The maximum atomic E-state index is 13.2. The zero-order valence-corrected chi connectivity index (χ0v) is 15.4. The molecule has 3 N–H and O–H groups in total. The third-order valence-corrected chi connectivity index (χ3v) is 5.72. The molecule has 0 bridgehead atoms. The minimum absolute atomic E-state index is 0.0679. The molecule has 0 aliphatic carbocycles. The molecule has 0 spiro atoms. The molecule has 3 rings (SSSR count). The second-order valence-electron chi connectivity index (χ2n) is 7.66. The normalized spacial score (nSPS) is 26.4. The lowest BCUT2D eigenvalue weighted by Crippen LogP contribution is -2.66. The van der Waals surface area contributed by atoms with Crippen LogP contribution in [0.25, 0.3) is 0 Å². The number of fused-ring (bicyclic) bond motifs is 1. The summed E-state index contributed by atoms with van der Waals surface area (Å²) in [6, 6.07) is 8.66. The predicted octanol–water partition coefficient (Wildman–Crippen LogP) is 1.02. The van der Waals surface area contributed by atoms with Crippen molar-refractivity contribution in [1.82, 2.24) is 10.1 Å². The maximum absolute atomic E-state index is 13.2. The fourth-order valence-corrected chi connectivity index (χ4v) is 4.05. The van der Waals surface area contributed by atoms with Crippen LogP contribution in [-0.4, -0.2) is 46.9 Å². The fraction of sp³-hybridized carbons (Fsp3) is 0.526. The number of nitrogens with one attached hydrogen (secondary N) is 1. The van der Waals surface area contributed by atoms with Crippen molar-refractivity contribution in [2.45, 2.75) is 63.4 Å². The Morgan fingerprint density at radius 1 is 1.35 bits per heavy atom. The number of hydrogen-bond donors (Lipinski definition) is 2. The Morgan fingerprint density at radius 2 is 2.04 bits per heavy atom. The Balaban J connectivity index is 1.76. The van der Waals surface area contributed by atoms with Crippen molar-refractivity contribution in [3.63, 3.8) is 0 Å². The molecule has 6 nitrogen and oxygen atoms in total. The van der Waals surface area contributed by atoms with Gasteiger partial charge in [0.25, 0.3) is 6.85 Å². The molecule has 26 heavy (non-hydrogen) atoms. The first-order valence-corrected chi connectivity index (χ1v) is 9.28. The third-order valence-electron chi connectivity index (χ3n) is 5.72. The summed E-state index contributed by atoms with van der Waals surface area (Å²) in [5.74, 6) is -0.506. The Morgan fingerprint density at radius 3 is 2.69 bits per heavy atom. The highest BCUT2D eigenvalue weighted by molar-refractivity contribution is 6.61. The van der Waals surface area contributed by atoms with E-state index in [9.17, 15) is 14.4 Å². The smallest absolute Gasteiger partial charge is 0.259 e. The molecular formula is C19H26BN3O3. The highest BCUT2D eigenvalue weighted by Crippen LogP contribution is 2.36. The fourth-order valence-electron chi connectivity index (χ4n) is 4.05. The van der Waals surface area contributed by atoms with Crippen LogP contribution >= 0.6 is 0 Å². The van der Waals surface area contributed by atoms with Gasteiger partial charge >= 0.3 is 0 Å². The highest BCUT2D eigenvalue weighted by atomic mass is 16.2. The van der Waals surface area contributed by atoms with E-state index in [0.29, 0.717) is 19.3 Å². The number of ketones is 1. The van der Waals surface area contributed by atoms with Crippen molar-refractivity contribution in [3.8, 4) is 0 Å². The van der Waals surface area contributed by atoms with Gasteiger partial charge in [-0.05, 0) is 38.7 Å². The third kappa shape index (κ3) is 3.53. The molecule has 0 saturated carbocycles. The Labute approximate surface area is 154 Å². The van der Waals surface area contributed by atoms with Crippen LogP contribution < -0.4 is 11.1 Å². The van der Waals surface area contributed by atoms with Crippen LogP contribution in [0.3, 0.4) is 0 Å². The first kappa shape index (κ1) is 18.6. The summed E-state index contributed by atoms with van der Waals surface area (Å²) >= 11 is 0. The van der Waals surface area contributed by atoms with Gasteiger partial charge in [-0.15, -0.1) is 0 Å². The summed E-state index contributed by atoms with van der Waals surface area (Å²) in [6.45, 7) is 3.17. The van der Waals surface area contributed by atoms with E-state index in [2.05, 4.69) is 5.32 Å². The summed E-state index contributed by atoms with van der Waals surface area (Å²) in [7, 11) is 0. The minimum Gasteiger partial charge on any atom is -0.374 e. The minimum atomic E-state index is -0.979. The van der Waals surface area contributed by atoms with Crippen molar-refractivity contribution in [3.05, 3.63) is 35.9 Å². The van der Waals surface area contributed by atoms with Gasteiger partial charge in [0, 0.05) is 0 Å². The lowest BCUT2D eigenvalue weighted by Gasteiger charge is -2.42. The monoisotopic (exact) mass is 355 g/mol. The number of Topliss-reactive ketones (excluding diaryl/α,β-unsaturated/α-hetero) is 1. The van der Waals surface area contributed by atoms with E-state index in [0.717, 1.165) is 18.2 Å². The van der Waals surface area contributed by atoms with Crippen LogP contribution in [0.1, 0.15) is 32.3 Å². The van der Waals surface area contributed by atoms with Gasteiger partial charge in [0.15, 0.2) is 5.78 Å². The molecule has 138 valence electrons. The molecule has 1 aromatic rings. The average molecular weight is 355 g/mol. The second-order valence-corrected chi connectivity index (χ2v) is 7.66. The van der Waals surface area contributed by atoms with Crippen molar-refractivity contribution in [2.75, 3.05) is 0 Å². The number of nitrogens with zero attached hydrogens (tertiary/aromatic N) is 1. The van der Waals surface area contributed by atoms with Gasteiger partial charge < -0.3 is 15.9 Å². The standard InChI is InChI=1S/C19H26BN3O3/c1-13(14(2)24)22-17(25)16-8-10-20-11-9-19(21,18(26)23(16)20)12-15-6-4-3-5-7-15/h3-7,13,16H,8-12,21H2,1-2H3,(H,22,25). The number of carbonyl (C=O) groups excluding carboxylic acids is 3. The van der Waals surface area contributed by atoms with Gasteiger partial charge in [-0.3, -0.25) is 14.4 Å². The van der Waals surface area contributed by atoms with Crippen molar-refractivity contribution >= 4 is 24.4 Å².